The fourth-order valence-electron chi connectivity index (χ4n) is 1.62. The predicted molar refractivity (Wildman–Crippen MR) is 72.1 cm³/mol. The SMILES string of the molecule is Cn1cc(C(=O)NCCCOc2ccccc2)cn1. The second kappa shape index (κ2) is 6.58. The third kappa shape index (κ3) is 4.13. The van der Waals surface area contributed by atoms with E-state index in [-0.39, 0.29) is 5.91 Å². The molecule has 2 aromatic rings. The van der Waals surface area contributed by atoms with Crippen LogP contribution in [0.1, 0.15) is 16.8 Å². The second-order valence-corrected chi connectivity index (χ2v) is 4.17. The van der Waals surface area contributed by atoms with Gasteiger partial charge in [0.05, 0.1) is 18.4 Å². The highest BCUT2D eigenvalue weighted by Gasteiger charge is 2.06. The summed E-state index contributed by atoms with van der Waals surface area (Å²) in [6.45, 7) is 1.16. The van der Waals surface area contributed by atoms with Crippen LogP contribution in [0, 0.1) is 0 Å². The minimum atomic E-state index is -0.104. The van der Waals surface area contributed by atoms with Crippen LogP contribution < -0.4 is 10.1 Å². The fourth-order valence-corrected chi connectivity index (χ4v) is 1.62. The predicted octanol–water partition coefficient (Wildman–Crippen LogP) is 1.62. The van der Waals surface area contributed by atoms with E-state index in [1.54, 1.807) is 24.1 Å². The summed E-state index contributed by atoms with van der Waals surface area (Å²) in [4.78, 5) is 11.7. The topological polar surface area (TPSA) is 56.2 Å². The normalized spacial score (nSPS) is 10.2. The molecule has 1 amide bonds. The molecule has 0 saturated carbocycles. The number of nitrogens with one attached hydrogen (secondary N) is 1. The largest absolute Gasteiger partial charge is 0.494 e. The smallest absolute Gasteiger partial charge is 0.254 e. The molecule has 0 aliphatic rings. The molecule has 19 heavy (non-hydrogen) atoms. The minimum absolute atomic E-state index is 0.104. The van der Waals surface area contributed by atoms with Crippen LogP contribution in [-0.2, 0) is 7.05 Å². The van der Waals surface area contributed by atoms with Crippen LogP contribution >= 0.6 is 0 Å². The van der Waals surface area contributed by atoms with Gasteiger partial charge < -0.3 is 10.1 Å². The number of hydrogen-bond acceptors (Lipinski definition) is 3. The summed E-state index contributed by atoms with van der Waals surface area (Å²) in [6, 6.07) is 9.63. The molecule has 0 radical (unpaired) electrons. The molecule has 1 aromatic heterocycles. The quantitative estimate of drug-likeness (QED) is 0.802. The molecule has 5 nitrogen and oxygen atoms in total. The van der Waals surface area contributed by atoms with Crippen molar-refractivity contribution in [1.29, 1.82) is 0 Å². The third-order valence-electron chi connectivity index (χ3n) is 2.59. The van der Waals surface area contributed by atoms with E-state index in [1.165, 1.54) is 0 Å². The first-order chi connectivity index (χ1) is 9.25. The number of hydrogen-bond donors (Lipinski definition) is 1. The van der Waals surface area contributed by atoms with E-state index >= 15 is 0 Å². The number of benzene rings is 1. The van der Waals surface area contributed by atoms with Crippen molar-refractivity contribution in [2.24, 2.45) is 7.05 Å². The minimum Gasteiger partial charge on any atom is -0.494 e. The molecule has 0 atom stereocenters. The van der Waals surface area contributed by atoms with Gasteiger partial charge in [-0.1, -0.05) is 18.2 Å². The first kappa shape index (κ1) is 13.1. The second-order valence-electron chi connectivity index (χ2n) is 4.17. The van der Waals surface area contributed by atoms with Crippen molar-refractivity contribution in [3.05, 3.63) is 48.3 Å². The van der Waals surface area contributed by atoms with Gasteiger partial charge in [0, 0.05) is 19.8 Å². The average molecular weight is 259 g/mol. The zero-order valence-corrected chi connectivity index (χ0v) is 10.9. The van der Waals surface area contributed by atoms with Gasteiger partial charge in [-0.2, -0.15) is 5.10 Å². The van der Waals surface area contributed by atoms with Gasteiger partial charge in [-0.25, -0.2) is 0 Å². The molecule has 2 rings (SSSR count). The van der Waals surface area contributed by atoms with Crippen molar-refractivity contribution >= 4 is 5.91 Å². The van der Waals surface area contributed by atoms with Crippen molar-refractivity contribution < 1.29 is 9.53 Å². The summed E-state index contributed by atoms with van der Waals surface area (Å²) in [5.74, 6) is 0.744. The highest BCUT2D eigenvalue weighted by atomic mass is 16.5. The number of aryl methyl sites for hydroxylation is 1. The van der Waals surface area contributed by atoms with E-state index in [9.17, 15) is 4.79 Å². The molecule has 0 unspecified atom stereocenters. The zero-order chi connectivity index (χ0) is 13.5. The highest BCUT2D eigenvalue weighted by Crippen LogP contribution is 2.08. The van der Waals surface area contributed by atoms with Crippen LogP contribution in [0.4, 0.5) is 0 Å². The van der Waals surface area contributed by atoms with E-state index < -0.39 is 0 Å². The Morgan fingerprint density at radius 2 is 2.16 bits per heavy atom. The van der Waals surface area contributed by atoms with Gasteiger partial charge in [-0.05, 0) is 18.6 Å². The lowest BCUT2D eigenvalue weighted by atomic mass is 10.3. The maximum absolute atomic E-state index is 11.7. The lowest BCUT2D eigenvalue weighted by Gasteiger charge is -2.06. The van der Waals surface area contributed by atoms with Gasteiger partial charge in [-0.3, -0.25) is 9.48 Å². The van der Waals surface area contributed by atoms with E-state index in [1.807, 2.05) is 30.3 Å². The van der Waals surface area contributed by atoms with Gasteiger partial charge in [0.15, 0.2) is 0 Å². The van der Waals surface area contributed by atoms with Crippen molar-refractivity contribution in [1.82, 2.24) is 15.1 Å². The molecule has 0 fully saturated rings. The molecule has 0 aliphatic carbocycles. The van der Waals surface area contributed by atoms with Crippen molar-refractivity contribution in [2.45, 2.75) is 6.42 Å². The van der Waals surface area contributed by atoms with Gasteiger partial charge in [0.2, 0.25) is 0 Å². The number of carbonyl (C=O) groups is 1. The summed E-state index contributed by atoms with van der Waals surface area (Å²) in [7, 11) is 1.78. The summed E-state index contributed by atoms with van der Waals surface area (Å²) in [5.41, 5.74) is 0.575. The first-order valence-corrected chi connectivity index (χ1v) is 6.20. The Bertz CT molecular complexity index is 522. The van der Waals surface area contributed by atoms with Crippen LogP contribution in [0.3, 0.4) is 0 Å². The number of carbonyl (C=O) groups excluding carboxylic acids is 1. The Labute approximate surface area is 112 Å². The highest BCUT2D eigenvalue weighted by molar-refractivity contribution is 5.93. The van der Waals surface area contributed by atoms with Crippen LogP contribution in [0.2, 0.25) is 0 Å². The fraction of sp³-hybridized carbons (Fsp3) is 0.286. The first-order valence-electron chi connectivity index (χ1n) is 6.20. The molecule has 0 spiro atoms. The van der Waals surface area contributed by atoms with Crippen molar-refractivity contribution in [3.63, 3.8) is 0 Å². The summed E-state index contributed by atoms with van der Waals surface area (Å²) in [6.07, 6.45) is 4.01. The van der Waals surface area contributed by atoms with Gasteiger partial charge in [0.1, 0.15) is 5.75 Å². The Hall–Kier alpha value is -2.30. The maximum atomic E-state index is 11.7. The molecule has 1 heterocycles. The molecule has 100 valence electrons. The van der Waals surface area contributed by atoms with Crippen LogP contribution in [0.15, 0.2) is 42.7 Å². The van der Waals surface area contributed by atoms with Crippen molar-refractivity contribution in [3.8, 4) is 5.75 Å². The number of rotatable bonds is 6. The summed E-state index contributed by atoms with van der Waals surface area (Å²) < 4.78 is 7.13. The van der Waals surface area contributed by atoms with Gasteiger partial charge in [0.25, 0.3) is 5.91 Å². The van der Waals surface area contributed by atoms with Crippen LogP contribution in [0.5, 0.6) is 5.75 Å². The van der Waals surface area contributed by atoms with Gasteiger partial charge in [-0.15, -0.1) is 0 Å². The Kier molecular flexibility index (Phi) is 4.55. The molecule has 5 heteroatoms. The number of aromatic nitrogens is 2. The summed E-state index contributed by atoms with van der Waals surface area (Å²) >= 11 is 0. The number of ether oxygens (including phenoxy) is 1. The average Bonchev–Trinajstić information content (AvgIpc) is 2.86. The van der Waals surface area contributed by atoms with E-state index in [0.717, 1.165) is 12.2 Å². The number of para-hydroxylation sites is 1. The van der Waals surface area contributed by atoms with Crippen molar-refractivity contribution in [2.75, 3.05) is 13.2 Å². The van der Waals surface area contributed by atoms with E-state index in [2.05, 4.69) is 10.4 Å². The molecule has 0 bridgehead atoms. The lowest BCUT2D eigenvalue weighted by molar-refractivity contribution is 0.0951. The standard InChI is InChI=1S/C14H17N3O2/c1-17-11-12(10-16-17)14(18)15-8-5-9-19-13-6-3-2-4-7-13/h2-4,6-7,10-11H,5,8-9H2,1H3,(H,15,18). The lowest BCUT2D eigenvalue weighted by Crippen LogP contribution is -2.25. The Morgan fingerprint density at radius 3 is 2.84 bits per heavy atom. The molecular formula is C14H17N3O2. The zero-order valence-electron chi connectivity index (χ0n) is 10.9. The third-order valence-corrected chi connectivity index (χ3v) is 2.59. The molecule has 1 aromatic carbocycles. The van der Waals surface area contributed by atoms with E-state index in [4.69, 9.17) is 4.74 Å². The van der Waals surface area contributed by atoms with Gasteiger partial charge >= 0.3 is 0 Å². The number of nitrogens with zero attached hydrogens (tertiary/aromatic N) is 2. The number of amides is 1. The van der Waals surface area contributed by atoms with E-state index in [0.29, 0.717) is 18.7 Å². The summed E-state index contributed by atoms with van der Waals surface area (Å²) in [5, 5.41) is 6.78. The van der Waals surface area contributed by atoms with Crippen LogP contribution in [-0.4, -0.2) is 28.8 Å². The van der Waals surface area contributed by atoms with Crippen LogP contribution in [0.25, 0.3) is 0 Å². The molecule has 0 saturated heterocycles. The molecule has 1 N–H and O–H groups in total. The maximum Gasteiger partial charge on any atom is 0.254 e. The molecular weight excluding hydrogens is 242 g/mol. The monoisotopic (exact) mass is 259 g/mol. The Morgan fingerprint density at radius 1 is 1.37 bits per heavy atom. The Balaban J connectivity index is 1.63. The molecule has 0 aliphatic heterocycles.